The maximum absolute atomic E-state index is 11.2. The van der Waals surface area contributed by atoms with E-state index >= 15 is 0 Å². The van der Waals surface area contributed by atoms with Gasteiger partial charge in [-0.25, -0.2) is 0 Å². The molecule has 0 bridgehead atoms. The van der Waals surface area contributed by atoms with E-state index in [1.54, 1.807) is 6.92 Å². The van der Waals surface area contributed by atoms with Gasteiger partial charge >= 0.3 is 0 Å². The molecule has 6 heteroatoms. The Kier molecular flexibility index (Phi) is 3.35. The number of rotatable bonds is 3. The first-order chi connectivity index (χ1) is 7.00. The minimum atomic E-state index is -0.611. The van der Waals surface area contributed by atoms with E-state index in [1.165, 1.54) is 24.3 Å². The van der Waals surface area contributed by atoms with Gasteiger partial charge in [0.15, 0.2) is 0 Å². The zero-order valence-corrected chi connectivity index (χ0v) is 8.14. The molecule has 0 heterocycles. The summed E-state index contributed by atoms with van der Waals surface area (Å²) in [6.07, 6.45) is 0. The second-order valence-corrected chi connectivity index (χ2v) is 3.08. The van der Waals surface area contributed by atoms with Gasteiger partial charge in [-0.15, -0.1) is 0 Å². The van der Waals surface area contributed by atoms with Crippen LogP contribution in [0, 0.1) is 10.1 Å². The molecular formula is C9H11N3O3. The molecule has 0 aliphatic rings. The molecule has 3 N–H and O–H groups in total. The number of nitrogens with one attached hydrogen (secondary N) is 1. The van der Waals surface area contributed by atoms with E-state index in [4.69, 9.17) is 5.73 Å². The standard InChI is InChI=1S/C9H11N3O3/c1-6(10)9(13)11-7-2-4-8(5-3-7)12(14)15/h2-6H,10H2,1H3,(H,11,13). The third-order valence-corrected chi connectivity index (χ3v) is 1.76. The molecule has 1 aromatic rings. The Hall–Kier alpha value is -1.95. The number of non-ortho nitro benzene ring substituents is 1. The third-order valence-electron chi connectivity index (χ3n) is 1.76. The maximum atomic E-state index is 11.2. The number of benzene rings is 1. The Labute approximate surface area is 86.2 Å². The number of amides is 1. The minimum Gasteiger partial charge on any atom is -0.325 e. The molecule has 1 atom stereocenters. The van der Waals surface area contributed by atoms with Crippen LogP contribution >= 0.6 is 0 Å². The zero-order chi connectivity index (χ0) is 11.4. The lowest BCUT2D eigenvalue weighted by Crippen LogP contribution is -2.32. The molecule has 0 spiro atoms. The van der Waals surface area contributed by atoms with E-state index in [0.29, 0.717) is 5.69 Å². The SMILES string of the molecule is CC(N)C(=O)Nc1ccc([N+](=O)[O-])cc1. The van der Waals surface area contributed by atoms with Crippen LogP contribution in [-0.4, -0.2) is 16.9 Å². The van der Waals surface area contributed by atoms with E-state index in [-0.39, 0.29) is 11.6 Å². The molecule has 15 heavy (non-hydrogen) atoms. The van der Waals surface area contributed by atoms with Crippen LogP contribution in [0.3, 0.4) is 0 Å². The summed E-state index contributed by atoms with van der Waals surface area (Å²) >= 11 is 0. The highest BCUT2D eigenvalue weighted by molar-refractivity contribution is 5.94. The first-order valence-electron chi connectivity index (χ1n) is 4.31. The number of anilines is 1. The fourth-order valence-corrected chi connectivity index (χ4v) is 0.923. The Morgan fingerprint density at radius 3 is 2.40 bits per heavy atom. The summed E-state index contributed by atoms with van der Waals surface area (Å²) in [4.78, 5) is 21.0. The van der Waals surface area contributed by atoms with Crippen molar-refractivity contribution in [2.45, 2.75) is 13.0 Å². The smallest absolute Gasteiger partial charge is 0.269 e. The highest BCUT2D eigenvalue weighted by Crippen LogP contribution is 2.15. The van der Waals surface area contributed by atoms with Gasteiger partial charge in [-0.3, -0.25) is 14.9 Å². The molecule has 1 amide bonds. The van der Waals surface area contributed by atoms with Gasteiger partial charge in [0, 0.05) is 17.8 Å². The fraction of sp³-hybridized carbons (Fsp3) is 0.222. The third kappa shape index (κ3) is 3.03. The Morgan fingerprint density at radius 2 is 2.00 bits per heavy atom. The molecule has 1 rings (SSSR count). The van der Waals surface area contributed by atoms with Crippen LogP contribution in [0.4, 0.5) is 11.4 Å². The second-order valence-electron chi connectivity index (χ2n) is 3.08. The maximum Gasteiger partial charge on any atom is 0.269 e. The van der Waals surface area contributed by atoms with Gasteiger partial charge < -0.3 is 11.1 Å². The van der Waals surface area contributed by atoms with Crippen LogP contribution in [0.5, 0.6) is 0 Å². The van der Waals surface area contributed by atoms with Gasteiger partial charge in [-0.2, -0.15) is 0 Å². The lowest BCUT2D eigenvalue weighted by Gasteiger charge is -2.06. The minimum absolute atomic E-state index is 0.0196. The van der Waals surface area contributed by atoms with Gasteiger partial charge in [0.25, 0.3) is 5.69 Å². The summed E-state index contributed by atoms with van der Waals surface area (Å²) in [7, 11) is 0. The number of carbonyl (C=O) groups is 1. The Bertz CT molecular complexity index is 373. The molecule has 1 aromatic carbocycles. The molecule has 80 valence electrons. The number of nitro benzene ring substituents is 1. The van der Waals surface area contributed by atoms with Crippen molar-refractivity contribution in [2.75, 3.05) is 5.32 Å². The molecule has 0 radical (unpaired) electrons. The van der Waals surface area contributed by atoms with Gasteiger partial charge in [0.2, 0.25) is 5.91 Å². The monoisotopic (exact) mass is 209 g/mol. The van der Waals surface area contributed by atoms with Crippen molar-refractivity contribution in [3.05, 3.63) is 34.4 Å². The van der Waals surface area contributed by atoms with Crippen LogP contribution in [0.15, 0.2) is 24.3 Å². The number of carbonyl (C=O) groups excluding carboxylic acids is 1. The zero-order valence-electron chi connectivity index (χ0n) is 8.14. The fourth-order valence-electron chi connectivity index (χ4n) is 0.923. The molecule has 0 saturated carbocycles. The first kappa shape index (κ1) is 11.1. The van der Waals surface area contributed by atoms with Crippen molar-refractivity contribution in [2.24, 2.45) is 5.73 Å². The quantitative estimate of drug-likeness (QED) is 0.570. The van der Waals surface area contributed by atoms with Crippen LogP contribution in [-0.2, 0) is 4.79 Å². The molecule has 0 fully saturated rings. The molecule has 0 aliphatic carbocycles. The van der Waals surface area contributed by atoms with Gasteiger partial charge in [0.05, 0.1) is 11.0 Å². The second kappa shape index (κ2) is 4.52. The lowest BCUT2D eigenvalue weighted by molar-refractivity contribution is -0.384. The number of hydrogen-bond acceptors (Lipinski definition) is 4. The van der Waals surface area contributed by atoms with E-state index in [0.717, 1.165) is 0 Å². The molecular weight excluding hydrogens is 198 g/mol. The molecule has 1 unspecified atom stereocenters. The number of hydrogen-bond donors (Lipinski definition) is 2. The highest BCUT2D eigenvalue weighted by Gasteiger charge is 2.08. The average molecular weight is 209 g/mol. The largest absolute Gasteiger partial charge is 0.325 e. The number of nitrogens with zero attached hydrogens (tertiary/aromatic N) is 1. The van der Waals surface area contributed by atoms with E-state index in [9.17, 15) is 14.9 Å². The van der Waals surface area contributed by atoms with Crippen molar-refractivity contribution in [3.63, 3.8) is 0 Å². The van der Waals surface area contributed by atoms with Crippen molar-refractivity contribution in [1.29, 1.82) is 0 Å². The molecule has 0 aliphatic heterocycles. The van der Waals surface area contributed by atoms with Gasteiger partial charge in [-0.05, 0) is 19.1 Å². The van der Waals surface area contributed by atoms with Crippen molar-refractivity contribution < 1.29 is 9.72 Å². The Balaban J connectivity index is 2.73. The normalized spacial score (nSPS) is 11.9. The predicted octanol–water partition coefficient (Wildman–Crippen LogP) is 0.881. The van der Waals surface area contributed by atoms with Crippen LogP contribution in [0.1, 0.15) is 6.92 Å². The topological polar surface area (TPSA) is 98.3 Å². The van der Waals surface area contributed by atoms with Crippen molar-refractivity contribution >= 4 is 17.3 Å². The van der Waals surface area contributed by atoms with E-state index in [1.807, 2.05) is 0 Å². The summed E-state index contributed by atoms with van der Waals surface area (Å²) < 4.78 is 0. The summed E-state index contributed by atoms with van der Waals surface area (Å²) in [5.41, 5.74) is 5.81. The van der Waals surface area contributed by atoms with Gasteiger partial charge in [-0.1, -0.05) is 0 Å². The molecule has 6 nitrogen and oxygen atoms in total. The molecule has 0 saturated heterocycles. The first-order valence-corrected chi connectivity index (χ1v) is 4.31. The molecule has 0 aromatic heterocycles. The number of nitro groups is 1. The summed E-state index contributed by atoms with van der Waals surface area (Å²) in [5.74, 6) is -0.330. The number of nitrogens with two attached hydrogens (primary N) is 1. The summed E-state index contributed by atoms with van der Waals surface area (Å²) in [6.45, 7) is 1.56. The lowest BCUT2D eigenvalue weighted by atomic mass is 10.2. The summed E-state index contributed by atoms with van der Waals surface area (Å²) in [5, 5.41) is 12.9. The van der Waals surface area contributed by atoms with Crippen molar-refractivity contribution in [1.82, 2.24) is 0 Å². The van der Waals surface area contributed by atoms with Crippen LogP contribution in [0.2, 0.25) is 0 Å². The highest BCUT2D eigenvalue weighted by atomic mass is 16.6. The van der Waals surface area contributed by atoms with Crippen molar-refractivity contribution in [3.8, 4) is 0 Å². The van der Waals surface area contributed by atoms with Crippen LogP contribution < -0.4 is 11.1 Å². The van der Waals surface area contributed by atoms with Crippen LogP contribution in [0.25, 0.3) is 0 Å². The van der Waals surface area contributed by atoms with E-state index < -0.39 is 11.0 Å². The van der Waals surface area contributed by atoms with E-state index in [2.05, 4.69) is 5.32 Å². The average Bonchev–Trinajstić information content (AvgIpc) is 2.18. The van der Waals surface area contributed by atoms with Gasteiger partial charge in [0.1, 0.15) is 0 Å². The predicted molar refractivity (Wildman–Crippen MR) is 55.4 cm³/mol. The Morgan fingerprint density at radius 1 is 1.47 bits per heavy atom. The summed E-state index contributed by atoms with van der Waals surface area (Å²) in [6, 6.07) is 4.94.